The van der Waals surface area contributed by atoms with Crippen LogP contribution in [0.25, 0.3) is 0 Å². The molecular weight excluding hydrogens is 375 g/mol. The highest BCUT2D eigenvalue weighted by molar-refractivity contribution is 5.88. The molecule has 1 heterocycles. The Morgan fingerprint density at radius 2 is 1.89 bits per heavy atom. The van der Waals surface area contributed by atoms with Crippen LogP contribution in [0, 0.1) is 0 Å². The summed E-state index contributed by atoms with van der Waals surface area (Å²) in [4.78, 5) is 25.4. The highest BCUT2D eigenvalue weighted by Gasteiger charge is 2.28. The van der Waals surface area contributed by atoms with Gasteiger partial charge in [-0.25, -0.2) is 4.79 Å². The van der Waals surface area contributed by atoms with Gasteiger partial charge in [-0.3, -0.25) is 4.79 Å². The van der Waals surface area contributed by atoms with Gasteiger partial charge in [-0.15, -0.1) is 0 Å². The molecule has 8 heteroatoms. The molecule has 5 nitrogen and oxygen atoms in total. The van der Waals surface area contributed by atoms with Gasteiger partial charge < -0.3 is 14.7 Å². The highest BCUT2D eigenvalue weighted by atomic mass is 19.4. The second-order valence-corrected chi connectivity index (χ2v) is 6.58. The number of hydrogen-bond acceptors (Lipinski definition) is 3. The van der Waals surface area contributed by atoms with Gasteiger partial charge in [0.1, 0.15) is 5.75 Å². The fraction of sp³-hybridized carbons (Fsp3) is 0.300. The van der Waals surface area contributed by atoms with Crippen molar-refractivity contribution in [1.82, 2.24) is 4.90 Å². The predicted octanol–water partition coefficient (Wildman–Crippen LogP) is 3.45. The van der Waals surface area contributed by atoms with Crippen LogP contribution in [-0.2, 0) is 24.2 Å². The summed E-state index contributed by atoms with van der Waals surface area (Å²) in [5, 5.41) is 9.11. The lowest BCUT2D eigenvalue weighted by molar-refractivity contribution is -0.153. The molecule has 1 amide bonds. The number of carbonyl (C=O) groups is 2. The van der Waals surface area contributed by atoms with Gasteiger partial charge in [-0.2, -0.15) is 13.2 Å². The number of hydrogen-bond donors (Lipinski definition) is 1. The zero-order valence-corrected chi connectivity index (χ0v) is 14.8. The van der Waals surface area contributed by atoms with Crippen molar-refractivity contribution in [1.29, 1.82) is 0 Å². The van der Waals surface area contributed by atoms with Crippen molar-refractivity contribution in [2.45, 2.75) is 25.6 Å². The molecule has 0 saturated heterocycles. The molecule has 0 aliphatic carbocycles. The van der Waals surface area contributed by atoms with E-state index in [2.05, 4.69) is 0 Å². The molecule has 2 aromatic carbocycles. The van der Waals surface area contributed by atoms with Crippen LogP contribution in [0.1, 0.15) is 27.0 Å². The van der Waals surface area contributed by atoms with Crippen LogP contribution in [0.5, 0.6) is 5.75 Å². The molecule has 2 aromatic rings. The number of halogens is 3. The first-order valence-electron chi connectivity index (χ1n) is 8.62. The van der Waals surface area contributed by atoms with E-state index in [9.17, 15) is 22.8 Å². The van der Waals surface area contributed by atoms with Crippen molar-refractivity contribution >= 4 is 11.9 Å². The second-order valence-electron chi connectivity index (χ2n) is 6.58. The summed E-state index contributed by atoms with van der Waals surface area (Å²) in [6, 6.07) is 10.9. The average Bonchev–Trinajstić information content (AvgIpc) is 2.65. The number of rotatable bonds is 5. The summed E-state index contributed by atoms with van der Waals surface area (Å²) < 4.78 is 41.5. The Morgan fingerprint density at radius 3 is 2.61 bits per heavy atom. The van der Waals surface area contributed by atoms with Crippen LogP contribution in [0.4, 0.5) is 13.2 Å². The first kappa shape index (κ1) is 19.7. The molecule has 1 aliphatic rings. The van der Waals surface area contributed by atoms with Gasteiger partial charge in [0.15, 0.2) is 6.61 Å². The Labute approximate surface area is 159 Å². The normalized spacial score (nSPS) is 13.8. The van der Waals surface area contributed by atoms with E-state index in [0.29, 0.717) is 25.1 Å². The van der Waals surface area contributed by atoms with Gasteiger partial charge in [0.2, 0.25) is 5.91 Å². The number of ether oxygens (including phenoxy) is 1. The average molecular weight is 393 g/mol. The van der Waals surface area contributed by atoms with Crippen LogP contribution in [-0.4, -0.2) is 41.2 Å². The lowest BCUT2D eigenvalue weighted by Gasteiger charge is -2.29. The van der Waals surface area contributed by atoms with E-state index < -0.39 is 18.8 Å². The molecule has 0 saturated carbocycles. The van der Waals surface area contributed by atoms with E-state index in [1.54, 1.807) is 35.2 Å². The summed E-state index contributed by atoms with van der Waals surface area (Å²) in [5.41, 5.74) is 2.52. The van der Waals surface area contributed by atoms with Crippen LogP contribution in [0.15, 0.2) is 42.5 Å². The van der Waals surface area contributed by atoms with Gasteiger partial charge in [-0.05, 0) is 47.4 Å². The number of carbonyl (C=O) groups excluding carboxylic acids is 1. The van der Waals surface area contributed by atoms with E-state index in [1.807, 2.05) is 0 Å². The number of aromatic carboxylic acids is 1. The zero-order chi connectivity index (χ0) is 20.3. The summed E-state index contributed by atoms with van der Waals surface area (Å²) in [6.07, 6.45) is -3.78. The van der Waals surface area contributed by atoms with E-state index in [-0.39, 0.29) is 23.6 Å². The fourth-order valence-electron chi connectivity index (χ4n) is 3.10. The Morgan fingerprint density at radius 1 is 1.11 bits per heavy atom. The fourth-order valence-corrected chi connectivity index (χ4v) is 3.10. The summed E-state index contributed by atoms with van der Waals surface area (Å²) in [6.45, 7) is -0.582. The third-order valence-corrected chi connectivity index (χ3v) is 4.47. The lowest BCUT2D eigenvalue weighted by Crippen LogP contribution is -2.37. The monoisotopic (exact) mass is 393 g/mol. The molecule has 3 rings (SSSR count). The van der Waals surface area contributed by atoms with Gasteiger partial charge in [0.25, 0.3) is 0 Å². The highest BCUT2D eigenvalue weighted by Crippen LogP contribution is 2.23. The van der Waals surface area contributed by atoms with E-state index >= 15 is 0 Å². The van der Waals surface area contributed by atoms with Crippen molar-refractivity contribution in [3.05, 3.63) is 64.7 Å². The molecular formula is C20H18F3NO4. The first-order valence-corrected chi connectivity index (χ1v) is 8.62. The Bertz CT molecular complexity index is 895. The van der Waals surface area contributed by atoms with Gasteiger partial charge in [0, 0.05) is 13.1 Å². The predicted molar refractivity (Wildman–Crippen MR) is 94.2 cm³/mol. The number of carboxylic acids is 1. The molecule has 0 aromatic heterocycles. The SMILES string of the molecule is O=C(O)c1ccc2c(c1)CN(C(=O)Cc1cccc(OCC(F)(F)F)c1)CC2. The Kier molecular flexibility index (Phi) is 5.58. The maximum absolute atomic E-state index is 12.6. The molecule has 0 atom stereocenters. The molecule has 0 bridgehead atoms. The van der Waals surface area contributed by atoms with Crippen molar-refractivity contribution in [2.24, 2.45) is 0 Å². The molecule has 0 radical (unpaired) electrons. The maximum Gasteiger partial charge on any atom is 0.422 e. The molecule has 28 heavy (non-hydrogen) atoms. The minimum absolute atomic E-state index is 0.0250. The number of benzene rings is 2. The smallest absolute Gasteiger partial charge is 0.422 e. The van der Waals surface area contributed by atoms with E-state index in [0.717, 1.165) is 11.1 Å². The summed E-state index contributed by atoms with van der Waals surface area (Å²) >= 11 is 0. The molecule has 0 spiro atoms. The van der Waals surface area contributed by atoms with Crippen molar-refractivity contribution in [2.75, 3.05) is 13.2 Å². The standard InChI is InChI=1S/C20H18F3NO4/c21-20(22,23)12-28-17-3-1-2-13(8-17)9-18(25)24-7-6-14-4-5-15(19(26)27)10-16(14)11-24/h1-5,8,10H,6-7,9,11-12H2,(H,26,27). The van der Waals surface area contributed by atoms with Crippen LogP contribution in [0.3, 0.4) is 0 Å². The number of alkyl halides is 3. The van der Waals surface area contributed by atoms with E-state index in [4.69, 9.17) is 9.84 Å². The maximum atomic E-state index is 12.6. The third-order valence-electron chi connectivity index (χ3n) is 4.47. The molecule has 0 unspecified atom stereocenters. The minimum Gasteiger partial charge on any atom is -0.484 e. The number of amides is 1. The Balaban J connectivity index is 1.65. The van der Waals surface area contributed by atoms with Crippen LogP contribution in [0.2, 0.25) is 0 Å². The molecule has 1 N–H and O–H groups in total. The van der Waals surface area contributed by atoms with Crippen molar-refractivity contribution in [3.63, 3.8) is 0 Å². The summed E-state index contributed by atoms with van der Waals surface area (Å²) in [5.74, 6) is -1.15. The second kappa shape index (κ2) is 7.92. The number of carboxylic acid groups (broad SMARTS) is 1. The number of fused-ring (bicyclic) bond motifs is 1. The number of nitrogens with zero attached hydrogens (tertiary/aromatic N) is 1. The Hall–Kier alpha value is -3.03. The van der Waals surface area contributed by atoms with Gasteiger partial charge in [0.05, 0.1) is 12.0 Å². The molecule has 148 valence electrons. The zero-order valence-electron chi connectivity index (χ0n) is 14.8. The van der Waals surface area contributed by atoms with Crippen molar-refractivity contribution < 1.29 is 32.6 Å². The van der Waals surface area contributed by atoms with Gasteiger partial charge >= 0.3 is 12.1 Å². The first-order chi connectivity index (χ1) is 13.2. The van der Waals surface area contributed by atoms with Gasteiger partial charge in [-0.1, -0.05) is 18.2 Å². The largest absolute Gasteiger partial charge is 0.484 e. The lowest BCUT2D eigenvalue weighted by atomic mass is 9.97. The minimum atomic E-state index is -4.43. The van der Waals surface area contributed by atoms with Crippen molar-refractivity contribution in [3.8, 4) is 5.75 Å². The van der Waals surface area contributed by atoms with E-state index in [1.165, 1.54) is 12.1 Å². The molecule has 0 fully saturated rings. The third kappa shape index (κ3) is 5.03. The van der Waals surface area contributed by atoms with Crippen LogP contribution >= 0.6 is 0 Å². The summed E-state index contributed by atoms with van der Waals surface area (Å²) in [7, 11) is 0. The topological polar surface area (TPSA) is 66.8 Å². The van der Waals surface area contributed by atoms with Crippen LogP contribution < -0.4 is 4.74 Å². The molecule has 1 aliphatic heterocycles. The quantitative estimate of drug-likeness (QED) is 0.845.